The van der Waals surface area contributed by atoms with Crippen LogP contribution in [0.2, 0.25) is 5.15 Å². The van der Waals surface area contributed by atoms with Crippen LogP contribution < -0.4 is 10.5 Å². The van der Waals surface area contributed by atoms with Gasteiger partial charge in [0.2, 0.25) is 5.95 Å². The molecule has 0 spiro atoms. The molecule has 5 heteroatoms. The maximum Gasteiger partial charge on any atom is 0.222 e. The zero-order valence-corrected chi connectivity index (χ0v) is 12.4. The van der Waals surface area contributed by atoms with Gasteiger partial charge in [-0.05, 0) is 37.1 Å². The monoisotopic (exact) mass is 291 g/mol. The Bertz CT molecular complexity index is 584. The van der Waals surface area contributed by atoms with Crippen molar-refractivity contribution in [3.63, 3.8) is 0 Å². The number of nitrogen functional groups attached to an aromatic ring is 1. The zero-order valence-electron chi connectivity index (χ0n) is 11.7. The lowest BCUT2D eigenvalue weighted by Gasteiger charge is -2.11. The highest BCUT2D eigenvalue weighted by molar-refractivity contribution is 6.30. The SMILES string of the molecule is CCCCc1c(Cl)nc(N)nc1-c1ccc(OC)cc1. The van der Waals surface area contributed by atoms with Crippen molar-refractivity contribution in [1.82, 2.24) is 9.97 Å². The molecular weight excluding hydrogens is 274 g/mol. The molecule has 0 unspecified atom stereocenters. The number of unbranched alkanes of at least 4 members (excludes halogenated alkanes) is 1. The van der Waals surface area contributed by atoms with Gasteiger partial charge < -0.3 is 10.5 Å². The average Bonchev–Trinajstić information content (AvgIpc) is 2.46. The van der Waals surface area contributed by atoms with Gasteiger partial charge in [-0.25, -0.2) is 9.97 Å². The van der Waals surface area contributed by atoms with Crippen molar-refractivity contribution in [3.8, 4) is 17.0 Å². The van der Waals surface area contributed by atoms with Crippen LogP contribution in [-0.2, 0) is 6.42 Å². The summed E-state index contributed by atoms with van der Waals surface area (Å²) in [7, 11) is 1.64. The predicted molar refractivity (Wildman–Crippen MR) is 82.1 cm³/mol. The average molecular weight is 292 g/mol. The van der Waals surface area contributed by atoms with Crippen LogP contribution in [-0.4, -0.2) is 17.1 Å². The fourth-order valence-electron chi connectivity index (χ4n) is 2.04. The topological polar surface area (TPSA) is 61.0 Å². The highest BCUT2D eigenvalue weighted by Gasteiger charge is 2.13. The lowest BCUT2D eigenvalue weighted by Crippen LogP contribution is -2.03. The molecule has 0 atom stereocenters. The summed E-state index contributed by atoms with van der Waals surface area (Å²) in [6.45, 7) is 2.14. The first-order chi connectivity index (χ1) is 9.65. The number of hydrogen-bond acceptors (Lipinski definition) is 4. The molecule has 2 rings (SSSR count). The van der Waals surface area contributed by atoms with Gasteiger partial charge in [0.25, 0.3) is 0 Å². The third-order valence-electron chi connectivity index (χ3n) is 3.12. The molecule has 0 fully saturated rings. The third-order valence-corrected chi connectivity index (χ3v) is 3.43. The zero-order chi connectivity index (χ0) is 14.5. The Morgan fingerprint density at radius 1 is 1.20 bits per heavy atom. The summed E-state index contributed by atoms with van der Waals surface area (Å²) in [5.74, 6) is 0.998. The highest BCUT2D eigenvalue weighted by Crippen LogP contribution is 2.29. The molecule has 0 radical (unpaired) electrons. The van der Waals surface area contributed by atoms with E-state index in [1.165, 1.54) is 0 Å². The van der Waals surface area contributed by atoms with E-state index in [2.05, 4.69) is 16.9 Å². The molecule has 1 heterocycles. The largest absolute Gasteiger partial charge is 0.497 e. The van der Waals surface area contributed by atoms with E-state index in [0.717, 1.165) is 41.8 Å². The Morgan fingerprint density at radius 2 is 1.90 bits per heavy atom. The van der Waals surface area contributed by atoms with Gasteiger partial charge in [-0.3, -0.25) is 0 Å². The van der Waals surface area contributed by atoms with Gasteiger partial charge in [0.15, 0.2) is 0 Å². The minimum atomic E-state index is 0.195. The summed E-state index contributed by atoms with van der Waals surface area (Å²) in [4.78, 5) is 8.41. The van der Waals surface area contributed by atoms with Crippen LogP contribution in [0.4, 0.5) is 5.95 Å². The molecule has 20 heavy (non-hydrogen) atoms. The molecule has 1 aromatic carbocycles. The summed E-state index contributed by atoms with van der Waals surface area (Å²) >= 11 is 6.22. The lowest BCUT2D eigenvalue weighted by molar-refractivity contribution is 0.415. The number of rotatable bonds is 5. The lowest BCUT2D eigenvalue weighted by atomic mass is 10.0. The summed E-state index contributed by atoms with van der Waals surface area (Å²) in [6.07, 6.45) is 2.97. The van der Waals surface area contributed by atoms with Crippen molar-refractivity contribution in [3.05, 3.63) is 35.0 Å². The van der Waals surface area contributed by atoms with Gasteiger partial charge in [0, 0.05) is 11.1 Å². The first kappa shape index (κ1) is 14.6. The van der Waals surface area contributed by atoms with E-state index in [1.54, 1.807) is 7.11 Å². The molecule has 2 N–H and O–H groups in total. The fraction of sp³-hybridized carbons (Fsp3) is 0.333. The number of aromatic nitrogens is 2. The van der Waals surface area contributed by atoms with Crippen molar-refractivity contribution >= 4 is 17.5 Å². The van der Waals surface area contributed by atoms with Crippen LogP contribution in [0, 0.1) is 0 Å². The predicted octanol–water partition coefficient (Wildman–Crippen LogP) is 3.73. The molecule has 0 bridgehead atoms. The number of benzene rings is 1. The number of anilines is 1. The van der Waals surface area contributed by atoms with Crippen molar-refractivity contribution in [2.45, 2.75) is 26.2 Å². The quantitative estimate of drug-likeness (QED) is 0.853. The Morgan fingerprint density at radius 3 is 2.50 bits per heavy atom. The standard InChI is InChI=1S/C15H18ClN3O/c1-3-4-5-12-13(18-15(17)19-14(12)16)10-6-8-11(20-2)9-7-10/h6-9H,3-5H2,1-2H3,(H2,17,18,19). The first-order valence-electron chi connectivity index (χ1n) is 6.62. The molecule has 0 amide bonds. The van der Waals surface area contributed by atoms with Crippen LogP contribution in [0.5, 0.6) is 5.75 Å². The minimum Gasteiger partial charge on any atom is -0.497 e. The van der Waals surface area contributed by atoms with E-state index in [1.807, 2.05) is 24.3 Å². The van der Waals surface area contributed by atoms with Crippen LogP contribution in [0.3, 0.4) is 0 Å². The molecule has 0 aliphatic heterocycles. The van der Waals surface area contributed by atoms with E-state index >= 15 is 0 Å². The second kappa shape index (κ2) is 6.57. The maximum atomic E-state index is 6.22. The van der Waals surface area contributed by atoms with E-state index < -0.39 is 0 Å². The van der Waals surface area contributed by atoms with Crippen LogP contribution in [0.1, 0.15) is 25.3 Å². The number of nitrogens with zero attached hydrogens (tertiary/aromatic N) is 2. The number of hydrogen-bond donors (Lipinski definition) is 1. The molecule has 0 saturated carbocycles. The Labute approximate surface area is 124 Å². The summed E-state index contributed by atoms with van der Waals surface area (Å²) < 4.78 is 5.16. The molecule has 0 saturated heterocycles. The second-order valence-electron chi connectivity index (χ2n) is 4.53. The first-order valence-corrected chi connectivity index (χ1v) is 6.99. The van der Waals surface area contributed by atoms with E-state index in [-0.39, 0.29) is 5.95 Å². The third kappa shape index (κ3) is 3.20. The summed E-state index contributed by atoms with van der Waals surface area (Å²) in [6, 6.07) is 7.69. The van der Waals surface area contributed by atoms with Crippen LogP contribution in [0.15, 0.2) is 24.3 Å². The van der Waals surface area contributed by atoms with Gasteiger partial charge in [-0.2, -0.15) is 0 Å². The molecule has 0 aliphatic rings. The molecule has 2 aromatic rings. The van der Waals surface area contributed by atoms with Gasteiger partial charge in [-0.1, -0.05) is 24.9 Å². The van der Waals surface area contributed by atoms with Crippen molar-refractivity contribution in [1.29, 1.82) is 0 Å². The fourth-order valence-corrected chi connectivity index (χ4v) is 2.31. The van der Waals surface area contributed by atoms with E-state index in [9.17, 15) is 0 Å². The molecule has 106 valence electrons. The maximum absolute atomic E-state index is 6.22. The van der Waals surface area contributed by atoms with E-state index in [4.69, 9.17) is 22.1 Å². The smallest absolute Gasteiger partial charge is 0.222 e. The number of methoxy groups -OCH3 is 1. The molecule has 4 nitrogen and oxygen atoms in total. The summed E-state index contributed by atoms with van der Waals surface area (Å²) in [5, 5.41) is 0.441. The summed E-state index contributed by atoms with van der Waals surface area (Å²) in [5.41, 5.74) is 8.44. The minimum absolute atomic E-state index is 0.195. The van der Waals surface area contributed by atoms with E-state index in [0.29, 0.717) is 5.15 Å². The number of halogens is 1. The molecule has 0 aliphatic carbocycles. The normalized spacial score (nSPS) is 10.6. The molecule has 1 aromatic heterocycles. The highest BCUT2D eigenvalue weighted by atomic mass is 35.5. The Kier molecular flexibility index (Phi) is 4.79. The van der Waals surface area contributed by atoms with Crippen LogP contribution in [0.25, 0.3) is 11.3 Å². The Balaban J connectivity index is 2.46. The van der Waals surface area contributed by atoms with Crippen molar-refractivity contribution < 1.29 is 4.74 Å². The van der Waals surface area contributed by atoms with Gasteiger partial charge >= 0.3 is 0 Å². The number of nitrogens with two attached hydrogens (primary N) is 1. The van der Waals surface area contributed by atoms with Crippen molar-refractivity contribution in [2.75, 3.05) is 12.8 Å². The van der Waals surface area contributed by atoms with Gasteiger partial charge in [0.05, 0.1) is 12.8 Å². The second-order valence-corrected chi connectivity index (χ2v) is 4.89. The van der Waals surface area contributed by atoms with Gasteiger partial charge in [0.1, 0.15) is 10.9 Å². The van der Waals surface area contributed by atoms with Gasteiger partial charge in [-0.15, -0.1) is 0 Å². The van der Waals surface area contributed by atoms with Crippen LogP contribution >= 0.6 is 11.6 Å². The van der Waals surface area contributed by atoms with Crippen molar-refractivity contribution in [2.24, 2.45) is 0 Å². The molecular formula is C15H18ClN3O. The Hall–Kier alpha value is -1.81. The number of ether oxygens (including phenoxy) is 1.